The molecule has 1 amide bonds. The smallest absolute Gasteiger partial charge is 0.263 e. The number of hydrogen-bond acceptors (Lipinski definition) is 3. The van der Waals surface area contributed by atoms with Crippen LogP contribution in [0.4, 0.5) is 4.39 Å². The molecule has 6 heteroatoms. The average Bonchev–Trinajstić information content (AvgIpc) is 3.05. The second-order valence-corrected chi connectivity index (χ2v) is 6.65. The summed E-state index contributed by atoms with van der Waals surface area (Å²) in [6.07, 6.45) is 2.00. The van der Waals surface area contributed by atoms with E-state index in [4.69, 9.17) is 0 Å². The molecule has 0 aliphatic carbocycles. The molecule has 3 nitrogen and oxygen atoms in total. The lowest BCUT2D eigenvalue weighted by Crippen LogP contribution is -2.43. The van der Waals surface area contributed by atoms with Crippen LogP contribution in [0.1, 0.15) is 22.5 Å². The molecule has 1 fully saturated rings. The maximum absolute atomic E-state index is 13.0. The molecular formula is C17H20ClFN2OS. The van der Waals surface area contributed by atoms with Crippen molar-refractivity contribution in [2.75, 3.05) is 20.1 Å². The molecule has 0 atom stereocenters. The van der Waals surface area contributed by atoms with Crippen molar-refractivity contribution in [1.82, 2.24) is 10.2 Å². The molecule has 1 N–H and O–H groups in total. The Morgan fingerprint density at radius 3 is 2.48 bits per heavy atom. The van der Waals surface area contributed by atoms with Gasteiger partial charge in [0.1, 0.15) is 5.82 Å². The lowest BCUT2D eigenvalue weighted by Gasteiger charge is -2.31. The SMILES string of the molecule is CN(C(=O)c1ccc(-c2ccc(F)cc2)s1)C1CCNCC1.Cl. The fourth-order valence-corrected chi connectivity index (χ4v) is 3.75. The van der Waals surface area contributed by atoms with Crippen molar-refractivity contribution in [2.45, 2.75) is 18.9 Å². The molecule has 2 aromatic rings. The summed E-state index contributed by atoms with van der Waals surface area (Å²) in [6, 6.07) is 10.5. The van der Waals surface area contributed by atoms with Gasteiger partial charge < -0.3 is 10.2 Å². The number of rotatable bonds is 3. The quantitative estimate of drug-likeness (QED) is 0.909. The molecule has 0 spiro atoms. The number of thiophene rings is 1. The largest absolute Gasteiger partial charge is 0.338 e. The average molecular weight is 355 g/mol. The van der Waals surface area contributed by atoms with E-state index in [9.17, 15) is 9.18 Å². The van der Waals surface area contributed by atoms with Crippen LogP contribution in [-0.2, 0) is 0 Å². The van der Waals surface area contributed by atoms with E-state index in [0.717, 1.165) is 41.2 Å². The lowest BCUT2D eigenvalue weighted by molar-refractivity contribution is 0.0708. The van der Waals surface area contributed by atoms with Crippen LogP contribution in [0.2, 0.25) is 0 Å². The van der Waals surface area contributed by atoms with E-state index in [0.29, 0.717) is 6.04 Å². The Bertz CT molecular complexity index is 653. The molecule has 1 aliphatic rings. The monoisotopic (exact) mass is 354 g/mol. The van der Waals surface area contributed by atoms with Crippen molar-refractivity contribution < 1.29 is 9.18 Å². The zero-order valence-electron chi connectivity index (χ0n) is 12.9. The molecule has 124 valence electrons. The van der Waals surface area contributed by atoms with E-state index < -0.39 is 0 Å². The molecule has 1 aromatic heterocycles. The van der Waals surface area contributed by atoms with Crippen molar-refractivity contribution >= 4 is 29.7 Å². The number of hydrogen-bond donors (Lipinski definition) is 1. The summed E-state index contributed by atoms with van der Waals surface area (Å²) in [5.41, 5.74) is 0.940. The van der Waals surface area contributed by atoms with Gasteiger partial charge in [0.2, 0.25) is 0 Å². The van der Waals surface area contributed by atoms with E-state index in [2.05, 4.69) is 5.32 Å². The third-order valence-corrected chi connectivity index (χ3v) is 5.24. The fourth-order valence-electron chi connectivity index (χ4n) is 2.76. The Kier molecular flexibility index (Phi) is 6.16. The first kappa shape index (κ1) is 17.9. The molecular weight excluding hydrogens is 335 g/mol. The summed E-state index contributed by atoms with van der Waals surface area (Å²) in [7, 11) is 1.88. The Balaban J connectivity index is 0.00000192. The zero-order valence-corrected chi connectivity index (χ0v) is 14.6. The van der Waals surface area contributed by atoms with Crippen molar-refractivity contribution in [3.8, 4) is 10.4 Å². The Morgan fingerprint density at radius 2 is 1.83 bits per heavy atom. The number of halogens is 2. The van der Waals surface area contributed by atoms with Gasteiger partial charge in [0.05, 0.1) is 4.88 Å². The standard InChI is InChI=1S/C17H19FN2OS.ClH/c1-20(14-8-10-19-11-9-14)17(21)16-7-6-15(22-16)12-2-4-13(18)5-3-12;/h2-7,14,19H,8-11H2,1H3;1H. The minimum atomic E-state index is -0.248. The number of nitrogens with zero attached hydrogens (tertiary/aromatic N) is 1. The molecule has 1 saturated heterocycles. The highest BCUT2D eigenvalue weighted by molar-refractivity contribution is 7.17. The first-order chi connectivity index (χ1) is 10.6. The molecule has 3 rings (SSSR count). The van der Waals surface area contributed by atoms with Gasteiger partial charge in [-0.2, -0.15) is 0 Å². The van der Waals surface area contributed by atoms with Gasteiger partial charge in [0.25, 0.3) is 5.91 Å². The molecule has 0 bridgehead atoms. The molecule has 1 aliphatic heterocycles. The van der Waals surface area contributed by atoms with Crippen LogP contribution in [0, 0.1) is 5.82 Å². The van der Waals surface area contributed by atoms with Crippen molar-refractivity contribution in [3.05, 3.63) is 47.1 Å². The van der Waals surface area contributed by atoms with E-state index in [1.54, 1.807) is 12.1 Å². The second kappa shape index (κ2) is 7.90. The van der Waals surface area contributed by atoms with Crippen molar-refractivity contribution in [1.29, 1.82) is 0 Å². The van der Waals surface area contributed by atoms with Crippen LogP contribution in [0.15, 0.2) is 36.4 Å². The summed E-state index contributed by atoms with van der Waals surface area (Å²) >= 11 is 1.46. The van der Waals surface area contributed by atoms with Crippen molar-refractivity contribution in [3.63, 3.8) is 0 Å². The summed E-state index contributed by atoms with van der Waals surface area (Å²) in [4.78, 5) is 16.2. The van der Waals surface area contributed by atoms with Crippen LogP contribution in [0.3, 0.4) is 0 Å². The normalized spacial score (nSPS) is 15.0. The van der Waals surface area contributed by atoms with E-state index >= 15 is 0 Å². The number of piperidine rings is 1. The predicted octanol–water partition coefficient (Wildman–Crippen LogP) is 3.80. The number of carbonyl (C=O) groups excluding carboxylic acids is 1. The number of carbonyl (C=O) groups is 1. The summed E-state index contributed by atoms with van der Waals surface area (Å²) in [5.74, 6) is -0.174. The van der Waals surface area contributed by atoms with Crippen LogP contribution in [0.5, 0.6) is 0 Å². The van der Waals surface area contributed by atoms with Crippen molar-refractivity contribution in [2.24, 2.45) is 0 Å². The topological polar surface area (TPSA) is 32.3 Å². The van der Waals surface area contributed by atoms with Crippen LogP contribution in [0.25, 0.3) is 10.4 Å². The van der Waals surface area contributed by atoms with Gasteiger partial charge in [-0.25, -0.2) is 4.39 Å². The Morgan fingerprint density at radius 1 is 1.17 bits per heavy atom. The van der Waals surface area contributed by atoms with Gasteiger partial charge in [0.15, 0.2) is 0 Å². The highest BCUT2D eigenvalue weighted by Gasteiger charge is 2.23. The second-order valence-electron chi connectivity index (χ2n) is 5.57. The number of nitrogens with one attached hydrogen (secondary N) is 1. The third kappa shape index (κ3) is 4.10. The molecule has 0 radical (unpaired) electrons. The Labute approximate surface area is 145 Å². The maximum atomic E-state index is 13.0. The summed E-state index contributed by atoms with van der Waals surface area (Å²) in [6.45, 7) is 1.93. The summed E-state index contributed by atoms with van der Waals surface area (Å²) in [5, 5.41) is 3.31. The van der Waals surface area contributed by atoms with Gasteiger partial charge in [0, 0.05) is 18.0 Å². The van der Waals surface area contributed by atoms with Gasteiger partial charge in [-0.05, 0) is 55.8 Å². The molecule has 0 saturated carbocycles. The maximum Gasteiger partial charge on any atom is 0.263 e. The van der Waals surface area contributed by atoms with Gasteiger partial charge in [-0.3, -0.25) is 4.79 Å². The van der Waals surface area contributed by atoms with Gasteiger partial charge in [-0.1, -0.05) is 12.1 Å². The number of benzene rings is 1. The zero-order chi connectivity index (χ0) is 15.5. The van der Waals surface area contributed by atoms with E-state index in [1.807, 2.05) is 24.1 Å². The fraction of sp³-hybridized carbons (Fsp3) is 0.353. The molecule has 0 unspecified atom stereocenters. The molecule has 23 heavy (non-hydrogen) atoms. The molecule has 1 aromatic carbocycles. The highest BCUT2D eigenvalue weighted by Crippen LogP contribution is 2.29. The van der Waals surface area contributed by atoms with Crippen LogP contribution >= 0.6 is 23.7 Å². The first-order valence-electron chi connectivity index (χ1n) is 7.49. The van der Waals surface area contributed by atoms with Gasteiger partial charge in [-0.15, -0.1) is 23.7 Å². The highest BCUT2D eigenvalue weighted by atomic mass is 35.5. The van der Waals surface area contributed by atoms with Gasteiger partial charge >= 0.3 is 0 Å². The number of amides is 1. The summed E-state index contributed by atoms with van der Waals surface area (Å²) < 4.78 is 13.0. The van der Waals surface area contributed by atoms with Crippen LogP contribution in [-0.4, -0.2) is 37.0 Å². The minimum absolute atomic E-state index is 0. The Hall–Kier alpha value is -1.43. The van der Waals surface area contributed by atoms with Crippen LogP contribution < -0.4 is 5.32 Å². The lowest BCUT2D eigenvalue weighted by atomic mass is 10.1. The van der Waals surface area contributed by atoms with E-state index in [-0.39, 0.29) is 24.1 Å². The third-order valence-electron chi connectivity index (χ3n) is 4.12. The van der Waals surface area contributed by atoms with E-state index in [1.165, 1.54) is 23.5 Å². The molecule has 2 heterocycles. The minimum Gasteiger partial charge on any atom is -0.338 e. The first-order valence-corrected chi connectivity index (χ1v) is 8.30. The predicted molar refractivity (Wildman–Crippen MR) is 94.9 cm³/mol.